The molecule has 0 saturated heterocycles. The van der Waals surface area contributed by atoms with Crippen molar-refractivity contribution in [2.45, 2.75) is 51.4 Å². The number of carbonyl (C=O) groups excluding carboxylic acids is 3. The number of rotatable bonds is 8. The van der Waals surface area contributed by atoms with E-state index >= 15 is 0 Å². The molecule has 3 aromatic carbocycles. The zero-order valence-corrected chi connectivity index (χ0v) is 21.1. The third-order valence-electron chi connectivity index (χ3n) is 6.92. The SMILES string of the molecule is CCc1ccc(-c2ccc(C(=O)N3Cc4ccccc4C[C@H]3C(=O)N[C@H](C(=O)CO)[C@@H](C)O)cc2)cc1. The lowest BCUT2D eigenvalue weighted by molar-refractivity contribution is -0.134. The minimum Gasteiger partial charge on any atom is -0.391 e. The number of carbonyl (C=O) groups is 3. The van der Waals surface area contributed by atoms with Crippen LogP contribution in [0, 0.1) is 0 Å². The van der Waals surface area contributed by atoms with E-state index < -0.39 is 36.5 Å². The van der Waals surface area contributed by atoms with Gasteiger partial charge in [-0.25, -0.2) is 0 Å². The number of Topliss-reactive ketones (excluding diaryl/α,β-unsaturated/α-hetero) is 1. The van der Waals surface area contributed by atoms with Gasteiger partial charge in [-0.1, -0.05) is 67.6 Å². The third kappa shape index (κ3) is 5.79. The summed E-state index contributed by atoms with van der Waals surface area (Å²) in [5.41, 5.74) is 5.64. The van der Waals surface area contributed by atoms with E-state index in [0.29, 0.717) is 5.56 Å². The molecule has 0 aliphatic carbocycles. The number of hydrogen-bond donors (Lipinski definition) is 3. The van der Waals surface area contributed by atoms with E-state index in [1.165, 1.54) is 17.4 Å². The topological polar surface area (TPSA) is 107 Å². The molecule has 7 heteroatoms. The first kappa shape index (κ1) is 26.3. The monoisotopic (exact) mass is 500 g/mol. The van der Waals surface area contributed by atoms with Gasteiger partial charge in [0.05, 0.1) is 6.10 Å². The highest BCUT2D eigenvalue weighted by atomic mass is 16.3. The molecule has 1 heterocycles. The van der Waals surface area contributed by atoms with Crippen LogP contribution in [0.4, 0.5) is 0 Å². The zero-order chi connectivity index (χ0) is 26.5. The van der Waals surface area contributed by atoms with Gasteiger partial charge in [0.15, 0.2) is 5.78 Å². The summed E-state index contributed by atoms with van der Waals surface area (Å²) in [6, 6.07) is 21.1. The van der Waals surface area contributed by atoms with E-state index in [1.54, 1.807) is 12.1 Å². The Hall–Kier alpha value is -3.81. The summed E-state index contributed by atoms with van der Waals surface area (Å²) in [5.74, 6) is -1.55. The molecular formula is C30H32N2O5. The molecule has 1 aliphatic heterocycles. The van der Waals surface area contributed by atoms with Crippen LogP contribution in [0.5, 0.6) is 0 Å². The number of nitrogens with zero attached hydrogens (tertiary/aromatic N) is 1. The van der Waals surface area contributed by atoms with Crippen LogP contribution in [0.3, 0.4) is 0 Å². The Morgan fingerprint density at radius 2 is 1.54 bits per heavy atom. The molecule has 0 saturated carbocycles. The van der Waals surface area contributed by atoms with Gasteiger partial charge in [0.1, 0.15) is 18.7 Å². The third-order valence-corrected chi connectivity index (χ3v) is 6.92. The molecule has 192 valence electrons. The number of benzene rings is 3. The average molecular weight is 501 g/mol. The van der Waals surface area contributed by atoms with Gasteiger partial charge in [-0.05, 0) is 53.3 Å². The van der Waals surface area contributed by atoms with Crippen molar-refractivity contribution in [2.75, 3.05) is 6.61 Å². The smallest absolute Gasteiger partial charge is 0.254 e. The Bertz CT molecular complexity index is 1270. The van der Waals surface area contributed by atoms with Gasteiger partial charge in [0.2, 0.25) is 5.91 Å². The summed E-state index contributed by atoms with van der Waals surface area (Å²) in [5, 5.41) is 21.8. The van der Waals surface area contributed by atoms with Crippen LogP contribution in [0.25, 0.3) is 11.1 Å². The highest BCUT2D eigenvalue weighted by Gasteiger charge is 2.37. The molecule has 2 amide bonds. The number of fused-ring (bicyclic) bond motifs is 1. The summed E-state index contributed by atoms with van der Waals surface area (Å²) < 4.78 is 0. The van der Waals surface area contributed by atoms with Crippen molar-refractivity contribution >= 4 is 17.6 Å². The molecule has 7 nitrogen and oxygen atoms in total. The molecule has 0 radical (unpaired) electrons. The van der Waals surface area contributed by atoms with Crippen molar-refractivity contribution in [1.29, 1.82) is 0 Å². The maximum absolute atomic E-state index is 13.7. The fraction of sp³-hybridized carbons (Fsp3) is 0.300. The van der Waals surface area contributed by atoms with Gasteiger partial charge in [0.25, 0.3) is 5.91 Å². The number of aliphatic hydroxyl groups is 2. The Morgan fingerprint density at radius 1 is 0.946 bits per heavy atom. The number of aryl methyl sites for hydroxylation is 1. The van der Waals surface area contributed by atoms with E-state index in [9.17, 15) is 24.6 Å². The highest BCUT2D eigenvalue weighted by Crippen LogP contribution is 2.27. The second-order valence-electron chi connectivity index (χ2n) is 9.40. The van der Waals surface area contributed by atoms with Gasteiger partial charge in [-0.3, -0.25) is 14.4 Å². The molecule has 1 aliphatic rings. The standard InChI is InChI=1S/C30H32N2O5/c1-3-20-8-10-21(11-9-20)22-12-14-23(15-13-22)30(37)32-17-25-7-5-4-6-24(25)16-26(32)29(36)31-28(19(2)34)27(35)18-33/h4-15,19,26,28,33-34H,3,16-18H2,1-2H3,(H,31,36)/t19-,26+,28+/m1/s1. The molecule has 37 heavy (non-hydrogen) atoms. The molecule has 4 rings (SSSR count). The Morgan fingerprint density at radius 3 is 2.11 bits per heavy atom. The van der Waals surface area contributed by atoms with E-state index in [4.69, 9.17) is 0 Å². The van der Waals surface area contributed by atoms with Crippen LogP contribution in [-0.4, -0.2) is 57.5 Å². The van der Waals surface area contributed by atoms with Gasteiger partial charge < -0.3 is 20.4 Å². The fourth-order valence-corrected chi connectivity index (χ4v) is 4.69. The second kappa shape index (κ2) is 11.5. The molecule has 0 spiro atoms. The summed E-state index contributed by atoms with van der Waals surface area (Å²) in [6.45, 7) is 2.91. The maximum atomic E-state index is 13.7. The molecular weight excluding hydrogens is 468 g/mol. The summed E-state index contributed by atoms with van der Waals surface area (Å²) >= 11 is 0. The molecule has 3 aromatic rings. The predicted octanol–water partition coefficient (Wildman–Crippen LogP) is 2.91. The van der Waals surface area contributed by atoms with Crippen LogP contribution in [0.15, 0.2) is 72.8 Å². The first-order valence-electron chi connectivity index (χ1n) is 12.5. The molecule has 3 N–H and O–H groups in total. The van der Waals surface area contributed by atoms with Gasteiger partial charge in [0, 0.05) is 18.5 Å². The first-order chi connectivity index (χ1) is 17.8. The number of ketones is 1. The summed E-state index contributed by atoms with van der Waals surface area (Å²) in [7, 11) is 0. The Balaban J connectivity index is 1.60. The van der Waals surface area contributed by atoms with Crippen LogP contribution < -0.4 is 5.32 Å². The number of nitrogens with one attached hydrogen (secondary N) is 1. The van der Waals surface area contributed by atoms with Crippen molar-refractivity contribution in [3.8, 4) is 11.1 Å². The van der Waals surface area contributed by atoms with E-state index in [1.807, 2.05) is 36.4 Å². The summed E-state index contributed by atoms with van der Waals surface area (Å²) in [4.78, 5) is 40.6. The Kier molecular flexibility index (Phi) is 8.16. The highest BCUT2D eigenvalue weighted by molar-refractivity contribution is 5.99. The van der Waals surface area contributed by atoms with Crippen molar-refractivity contribution in [3.63, 3.8) is 0 Å². The lowest BCUT2D eigenvalue weighted by atomic mass is 9.92. The minimum absolute atomic E-state index is 0.237. The van der Waals surface area contributed by atoms with Crippen LogP contribution >= 0.6 is 0 Å². The quantitative estimate of drug-likeness (QED) is 0.441. The largest absolute Gasteiger partial charge is 0.391 e. The van der Waals surface area contributed by atoms with Gasteiger partial charge in [-0.15, -0.1) is 0 Å². The second-order valence-corrected chi connectivity index (χ2v) is 9.40. The van der Waals surface area contributed by atoms with E-state index in [-0.39, 0.29) is 18.9 Å². The van der Waals surface area contributed by atoms with Gasteiger partial charge >= 0.3 is 0 Å². The van der Waals surface area contributed by atoms with Crippen LogP contribution in [-0.2, 0) is 29.0 Å². The minimum atomic E-state index is -1.26. The lowest BCUT2D eigenvalue weighted by Crippen LogP contribution is -2.57. The van der Waals surface area contributed by atoms with Crippen molar-refractivity contribution in [2.24, 2.45) is 0 Å². The predicted molar refractivity (Wildman–Crippen MR) is 141 cm³/mol. The number of hydrogen-bond acceptors (Lipinski definition) is 5. The first-order valence-corrected chi connectivity index (χ1v) is 12.5. The van der Waals surface area contributed by atoms with Crippen LogP contribution in [0.1, 0.15) is 40.9 Å². The van der Waals surface area contributed by atoms with Crippen molar-refractivity contribution < 1.29 is 24.6 Å². The van der Waals surface area contributed by atoms with Crippen LogP contribution in [0.2, 0.25) is 0 Å². The van der Waals surface area contributed by atoms with Crippen molar-refractivity contribution in [1.82, 2.24) is 10.2 Å². The fourth-order valence-electron chi connectivity index (χ4n) is 4.69. The lowest BCUT2D eigenvalue weighted by Gasteiger charge is -2.37. The normalized spacial score (nSPS) is 16.4. The van der Waals surface area contributed by atoms with E-state index in [2.05, 4.69) is 36.5 Å². The summed E-state index contributed by atoms with van der Waals surface area (Å²) in [6.07, 6.45) is 0.0470. The molecule has 0 bridgehead atoms. The number of amides is 2. The molecule has 0 fully saturated rings. The van der Waals surface area contributed by atoms with Crippen molar-refractivity contribution in [3.05, 3.63) is 95.1 Å². The van der Waals surface area contributed by atoms with E-state index in [0.717, 1.165) is 28.7 Å². The molecule has 0 unspecified atom stereocenters. The zero-order valence-electron chi connectivity index (χ0n) is 21.1. The average Bonchev–Trinajstić information content (AvgIpc) is 2.94. The molecule has 3 atom stereocenters. The van der Waals surface area contributed by atoms with Gasteiger partial charge in [-0.2, -0.15) is 0 Å². The Labute approximate surface area is 216 Å². The number of aliphatic hydroxyl groups excluding tert-OH is 2. The molecule has 0 aromatic heterocycles. The maximum Gasteiger partial charge on any atom is 0.254 e.